The van der Waals surface area contributed by atoms with Crippen molar-refractivity contribution in [3.63, 3.8) is 0 Å². The lowest BCUT2D eigenvalue weighted by molar-refractivity contribution is 0.603. The van der Waals surface area contributed by atoms with Crippen LogP contribution >= 0.6 is 22.9 Å². The highest BCUT2D eigenvalue weighted by Gasteiger charge is 2.16. The van der Waals surface area contributed by atoms with Crippen LogP contribution in [0, 0.1) is 5.92 Å². The highest BCUT2D eigenvalue weighted by atomic mass is 35.5. The van der Waals surface area contributed by atoms with Gasteiger partial charge in [0.05, 0.1) is 4.34 Å². The molecule has 0 saturated carbocycles. The maximum Gasteiger partial charge on any atom is 0.271 e. The van der Waals surface area contributed by atoms with E-state index in [4.69, 9.17) is 11.6 Å². The normalized spacial score (nSPS) is 11.6. The molecule has 0 bridgehead atoms. The van der Waals surface area contributed by atoms with Crippen LogP contribution in [0.4, 0.5) is 11.4 Å². The van der Waals surface area contributed by atoms with E-state index in [0.717, 1.165) is 23.6 Å². The lowest BCUT2D eigenvalue weighted by atomic mass is 10.2. The van der Waals surface area contributed by atoms with Crippen LogP contribution < -0.4 is 10.0 Å². The topological polar surface area (TPSA) is 58.2 Å². The van der Waals surface area contributed by atoms with Gasteiger partial charge >= 0.3 is 0 Å². The van der Waals surface area contributed by atoms with Crippen molar-refractivity contribution < 1.29 is 8.42 Å². The van der Waals surface area contributed by atoms with Gasteiger partial charge in [-0.1, -0.05) is 25.4 Å². The molecule has 2 rings (SSSR count). The van der Waals surface area contributed by atoms with Crippen molar-refractivity contribution in [2.24, 2.45) is 5.92 Å². The third-order valence-electron chi connectivity index (χ3n) is 2.66. The molecule has 0 fully saturated rings. The fraction of sp³-hybridized carbons (Fsp3) is 0.286. The number of halogens is 1. The molecule has 0 radical (unpaired) electrons. The minimum absolute atomic E-state index is 0.203. The van der Waals surface area contributed by atoms with Gasteiger partial charge in [0.1, 0.15) is 4.21 Å². The van der Waals surface area contributed by atoms with E-state index in [1.807, 2.05) is 12.1 Å². The Morgan fingerprint density at radius 2 is 1.71 bits per heavy atom. The van der Waals surface area contributed by atoms with Gasteiger partial charge < -0.3 is 5.32 Å². The summed E-state index contributed by atoms with van der Waals surface area (Å²) in [6.07, 6.45) is 0. The Hall–Kier alpha value is -1.24. The summed E-state index contributed by atoms with van der Waals surface area (Å²) < 4.78 is 27.5. The molecule has 2 N–H and O–H groups in total. The van der Waals surface area contributed by atoms with Gasteiger partial charge in [0.2, 0.25) is 0 Å². The first-order valence-corrected chi connectivity index (χ1v) is 9.16. The first-order chi connectivity index (χ1) is 9.87. The Kier molecular flexibility index (Phi) is 5.13. The number of nitrogens with one attached hydrogen (secondary N) is 2. The quantitative estimate of drug-likeness (QED) is 0.822. The molecule has 4 nitrogen and oxygen atoms in total. The third kappa shape index (κ3) is 4.62. The van der Waals surface area contributed by atoms with E-state index < -0.39 is 10.0 Å². The molecule has 0 aliphatic rings. The standard InChI is InChI=1S/C14H17ClN2O2S2/c1-10(2)9-16-11-3-5-12(6-4-11)17-21(18,19)14-8-7-13(15)20-14/h3-8,10,16-17H,9H2,1-2H3. The predicted octanol–water partition coefficient (Wildman–Crippen LogP) is 4.27. The van der Waals surface area contributed by atoms with Gasteiger partial charge in [-0.05, 0) is 42.3 Å². The molecular formula is C14H17ClN2O2S2. The maximum absolute atomic E-state index is 12.1. The summed E-state index contributed by atoms with van der Waals surface area (Å²) in [4.78, 5) is 0. The third-order valence-corrected chi connectivity index (χ3v) is 5.77. The van der Waals surface area contributed by atoms with E-state index in [1.165, 1.54) is 6.07 Å². The molecule has 114 valence electrons. The Bertz CT molecular complexity index is 694. The average molecular weight is 345 g/mol. The van der Waals surface area contributed by atoms with Crippen molar-refractivity contribution in [1.29, 1.82) is 0 Å². The van der Waals surface area contributed by atoms with Gasteiger partial charge in [0.25, 0.3) is 10.0 Å². The largest absolute Gasteiger partial charge is 0.385 e. The number of thiophene rings is 1. The van der Waals surface area contributed by atoms with Crippen molar-refractivity contribution >= 4 is 44.3 Å². The van der Waals surface area contributed by atoms with Crippen LogP contribution in [0.15, 0.2) is 40.6 Å². The van der Waals surface area contributed by atoms with Crippen LogP contribution in [0.3, 0.4) is 0 Å². The minimum atomic E-state index is -3.57. The summed E-state index contributed by atoms with van der Waals surface area (Å²) >= 11 is 6.80. The van der Waals surface area contributed by atoms with Crippen molar-refractivity contribution in [2.45, 2.75) is 18.1 Å². The summed E-state index contributed by atoms with van der Waals surface area (Å²) in [7, 11) is -3.57. The number of rotatable bonds is 6. The molecule has 0 saturated heterocycles. The van der Waals surface area contributed by atoms with E-state index in [2.05, 4.69) is 23.9 Å². The first-order valence-electron chi connectivity index (χ1n) is 6.49. The number of sulfonamides is 1. The van der Waals surface area contributed by atoms with E-state index in [0.29, 0.717) is 15.9 Å². The molecule has 1 heterocycles. The van der Waals surface area contributed by atoms with Gasteiger partial charge in [-0.15, -0.1) is 11.3 Å². The molecule has 7 heteroatoms. The fourth-order valence-corrected chi connectivity index (χ4v) is 4.17. The van der Waals surface area contributed by atoms with Gasteiger partial charge in [-0.2, -0.15) is 0 Å². The molecule has 1 aromatic heterocycles. The van der Waals surface area contributed by atoms with Crippen LogP contribution in [0.2, 0.25) is 4.34 Å². The van der Waals surface area contributed by atoms with E-state index >= 15 is 0 Å². The second kappa shape index (κ2) is 6.68. The summed E-state index contributed by atoms with van der Waals surface area (Å²) in [5.41, 5.74) is 1.49. The van der Waals surface area contributed by atoms with Crippen molar-refractivity contribution in [1.82, 2.24) is 0 Å². The van der Waals surface area contributed by atoms with Gasteiger partial charge in [0, 0.05) is 17.9 Å². The molecule has 0 spiro atoms. The van der Waals surface area contributed by atoms with Crippen molar-refractivity contribution in [3.8, 4) is 0 Å². The summed E-state index contributed by atoms with van der Waals surface area (Å²) in [5, 5.41) is 3.28. The Morgan fingerprint density at radius 1 is 1.10 bits per heavy atom. The second-order valence-electron chi connectivity index (χ2n) is 5.02. The van der Waals surface area contributed by atoms with Crippen LogP contribution in [-0.4, -0.2) is 15.0 Å². The van der Waals surface area contributed by atoms with Gasteiger partial charge in [-0.25, -0.2) is 8.42 Å². The second-order valence-corrected chi connectivity index (χ2v) is 8.64. The molecule has 0 aliphatic heterocycles. The van der Waals surface area contributed by atoms with Gasteiger partial charge in [-0.3, -0.25) is 4.72 Å². The highest BCUT2D eigenvalue weighted by molar-refractivity contribution is 7.94. The van der Waals surface area contributed by atoms with Crippen LogP contribution in [0.1, 0.15) is 13.8 Å². The molecule has 0 unspecified atom stereocenters. The molecule has 0 atom stereocenters. The van der Waals surface area contributed by atoms with Crippen molar-refractivity contribution in [3.05, 3.63) is 40.7 Å². The Morgan fingerprint density at radius 3 is 2.24 bits per heavy atom. The lowest BCUT2D eigenvalue weighted by Gasteiger charge is -2.10. The van der Waals surface area contributed by atoms with E-state index in [1.54, 1.807) is 18.2 Å². The summed E-state index contributed by atoms with van der Waals surface area (Å²) in [6.45, 7) is 5.13. The summed E-state index contributed by atoms with van der Waals surface area (Å²) in [5.74, 6) is 0.548. The first kappa shape index (κ1) is 16.1. The summed E-state index contributed by atoms with van der Waals surface area (Å²) in [6, 6.07) is 10.2. The SMILES string of the molecule is CC(C)CNc1ccc(NS(=O)(=O)c2ccc(Cl)s2)cc1. The van der Waals surface area contributed by atoms with Crippen molar-refractivity contribution in [2.75, 3.05) is 16.6 Å². The monoisotopic (exact) mass is 344 g/mol. The smallest absolute Gasteiger partial charge is 0.271 e. The Balaban J connectivity index is 2.06. The zero-order valence-corrected chi connectivity index (χ0v) is 14.1. The fourth-order valence-electron chi connectivity index (χ4n) is 1.63. The number of anilines is 2. The number of hydrogen-bond donors (Lipinski definition) is 2. The minimum Gasteiger partial charge on any atom is -0.385 e. The Labute approximate surface area is 134 Å². The molecule has 1 aromatic carbocycles. The van der Waals surface area contributed by atoms with Crippen LogP contribution in [0.25, 0.3) is 0 Å². The van der Waals surface area contributed by atoms with Gasteiger partial charge in [0.15, 0.2) is 0 Å². The predicted molar refractivity (Wildman–Crippen MR) is 89.9 cm³/mol. The number of benzene rings is 1. The average Bonchev–Trinajstić information content (AvgIpc) is 2.85. The molecule has 0 aliphatic carbocycles. The zero-order chi connectivity index (χ0) is 15.5. The molecular weight excluding hydrogens is 328 g/mol. The van der Waals surface area contributed by atoms with E-state index in [9.17, 15) is 8.42 Å². The van der Waals surface area contributed by atoms with Crippen LogP contribution in [-0.2, 0) is 10.0 Å². The number of hydrogen-bond acceptors (Lipinski definition) is 4. The molecule has 2 aromatic rings. The lowest BCUT2D eigenvalue weighted by Crippen LogP contribution is -2.11. The van der Waals surface area contributed by atoms with E-state index in [-0.39, 0.29) is 4.21 Å². The highest BCUT2D eigenvalue weighted by Crippen LogP contribution is 2.27. The van der Waals surface area contributed by atoms with Crippen LogP contribution in [0.5, 0.6) is 0 Å². The molecule has 0 amide bonds. The maximum atomic E-state index is 12.1. The molecule has 21 heavy (non-hydrogen) atoms. The zero-order valence-electron chi connectivity index (χ0n) is 11.8.